The molecular weight excluding hydrogens is 338 g/mol. The number of halogens is 1. The molecule has 0 bridgehead atoms. The number of carbonyl (C=O) groups excluding carboxylic acids is 1. The number of aromatic nitrogens is 2. The smallest absolute Gasteiger partial charge is 0.274 e. The Balaban J connectivity index is 1.57. The summed E-state index contributed by atoms with van der Waals surface area (Å²) in [4.78, 5) is 16.7. The van der Waals surface area contributed by atoms with E-state index < -0.39 is 0 Å². The highest BCUT2D eigenvalue weighted by Crippen LogP contribution is 2.16. The third-order valence-electron chi connectivity index (χ3n) is 4.41. The van der Waals surface area contributed by atoms with Crippen molar-refractivity contribution in [2.45, 2.75) is 13.5 Å². The van der Waals surface area contributed by atoms with E-state index in [1.54, 1.807) is 12.1 Å². The number of anilines is 1. The van der Waals surface area contributed by atoms with Crippen LogP contribution in [0.15, 0.2) is 36.4 Å². The molecule has 1 aromatic heterocycles. The number of likely N-dealkylation sites (N-methyl/N-ethyl adjacent to an activating group) is 1. The fourth-order valence-corrected chi connectivity index (χ4v) is 3.00. The molecule has 2 heterocycles. The van der Waals surface area contributed by atoms with E-state index >= 15 is 0 Å². The van der Waals surface area contributed by atoms with Crippen LogP contribution in [0.2, 0.25) is 5.02 Å². The normalized spacial score (nSPS) is 15.2. The number of nitrogens with one attached hydrogen (secondary N) is 1. The van der Waals surface area contributed by atoms with E-state index in [2.05, 4.69) is 27.3 Å². The summed E-state index contributed by atoms with van der Waals surface area (Å²) in [5.41, 5.74) is 1.37. The second-order valence-corrected chi connectivity index (χ2v) is 6.38. The molecule has 2 aromatic rings. The molecule has 1 saturated heterocycles. The van der Waals surface area contributed by atoms with Gasteiger partial charge in [-0.1, -0.05) is 36.7 Å². The van der Waals surface area contributed by atoms with Crippen molar-refractivity contribution in [1.29, 1.82) is 0 Å². The third-order valence-corrected chi connectivity index (χ3v) is 4.78. The Morgan fingerprint density at radius 1 is 1.12 bits per heavy atom. The van der Waals surface area contributed by atoms with Crippen molar-refractivity contribution < 1.29 is 4.79 Å². The van der Waals surface area contributed by atoms with Crippen LogP contribution in [0.3, 0.4) is 0 Å². The Morgan fingerprint density at radius 2 is 1.88 bits per heavy atom. The van der Waals surface area contributed by atoms with Gasteiger partial charge >= 0.3 is 0 Å². The first-order valence-electron chi connectivity index (χ1n) is 8.50. The lowest BCUT2D eigenvalue weighted by Gasteiger charge is -2.33. The van der Waals surface area contributed by atoms with E-state index in [1.807, 2.05) is 29.2 Å². The highest BCUT2D eigenvalue weighted by Gasteiger charge is 2.22. The summed E-state index contributed by atoms with van der Waals surface area (Å²) in [5, 5.41) is 12.1. The average molecular weight is 360 g/mol. The Kier molecular flexibility index (Phi) is 5.83. The molecule has 1 fully saturated rings. The summed E-state index contributed by atoms with van der Waals surface area (Å²) in [7, 11) is 0. The second kappa shape index (κ2) is 8.27. The lowest BCUT2D eigenvalue weighted by Crippen LogP contribution is -2.48. The molecule has 132 valence electrons. The molecule has 1 aliphatic rings. The molecule has 0 aliphatic carbocycles. The molecule has 25 heavy (non-hydrogen) atoms. The standard InChI is InChI=1S/C18H22ClN5O/c1-2-23-9-11-24(12-10-23)18(25)16-7-8-17(22-21-16)20-13-14-5-3-4-6-15(14)19/h3-8H,2,9-13H2,1H3,(H,20,22). The summed E-state index contributed by atoms with van der Waals surface area (Å²) in [6.45, 7) is 7.01. The highest BCUT2D eigenvalue weighted by molar-refractivity contribution is 6.31. The zero-order valence-electron chi connectivity index (χ0n) is 14.3. The van der Waals surface area contributed by atoms with Crippen molar-refractivity contribution in [1.82, 2.24) is 20.0 Å². The molecule has 0 atom stereocenters. The number of rotatable bonds is 5. The second-order valence-electron chi connectivity index (χ2n) is 5.98. The largest absolute Gasteiger partial charge is 0.364 e. The van der Waals surface area contributed by atoms with Crippen molar-refractivity contribution in [2.75, 3.05) is 38.0 Å². The number of hydrogen-bond acceptors (Lipinski definition) is 5. The zero-order chi connectivity index (χ0) is 17.6. The first-order chi connectivity index (χ1) is 12.2. The number of benzene rings is 1. The Hall–Kier alpha value is -2.18. The summed E-state index contributed by atoms with van der Waals surface area (Å²) >= 11 is 6.13. The molecule has 6 nitrogen and oxygen atoms in total. The van der Waals surface area contributed by atoms with E-state index in [9.17, 15) is 4.79 Å². The van der Waals surface area contributed by atoms with Gasteiger partial charge in [-0.3, -0.25) is 4.79 Å². The molecule has 1 N–H and O–H groups in total. The van der Waals surface area contributed by atoms with Gasteiger partial charge in [0.15, 0.2) is 5.69 Å². The van der Waals surface area contributed by atoms with Gasteiger partial charge in [-0.15, -0.1) is 10.2 Å². The van der Waals surface area contributed by atoms with Gasteiger partial charge in [0.1, 0.15) is 5.82 Å². The summed E-state index contributed by atoms with van der Waals surface area (Å²) in [6, 6.07) is 11.1. The van der Waals surface area contributed by atoms with E-state index in [4.69, 9.17) is 11.6 Å². The van der Waals surface area contributed by atoms with Gasteiger partial charge < -0.3 is 15.1 Å². The first kappa shape index (κ1) is 17.6. The maximum absolute atomic E-state index is 12.5. The van der Waals surface area contributed by atoms with Gasteiger partial charge in [0, 0.05) is 37.7 Å². The lowest BCUT2D eigenvalue weighted by atomic mass is 10.2. The highest BCUT2D eigenvalue weighted by atomic mass is 35.5. The lowest BCUT2D eigenvalue weighted by molar-refractivity contribution is 0.0636. The molecular formula is C18H22ClN5O. The Labute approximate surface area is 152 Å². The molecule has 0 saturated carbocycles. The summed E-state index contributed by atoms with van der Waals surface area (Å²) in [6.07, 6.45) is 0. The number of hydrogen-bond donors (Lipinski definition) is 1. The van der Waals surface area contributed by atoms with Gasteiger partial charge in [0.05, 0.1) is 0 Å². The monoisotopic (exact) mass is 359 g/mol. The van der Waals surface area contributed by atoms with Crippen molar-refractivity contribution in [3.05, 3.63) is 52.7 Å². The molecule has 0 spiro atoms. The SMILES string of the molecule is CCN1CCN(C(=O)c2ccc(NCc3ccccc3Cl)nn2)CC1. The van der Waals surface area contributed by atoms with Crippen LogP contribution in [0.25, 0.3) is 0 Å². The van der Waals surface area contributed by atoms with Gasteiger partial charge in [-0.25, -0.2) is 0 Å². The van der Waals surface area contributed by atoms with E-state index in [0.717, 1.165) is 38.3 Å². The fraction of sp³-hybridized carbons (Fsp3) is 0.389. The predicted octanol–water partition coefficient (Wildman–Crippen LogP) is 2.52. The molecule has 1 amide bonds. The van der Waals surface area contributed by atoms with Gasteiger partial charge in [0.25, 0.3) is 5.91 Å². The van der Waals surface area contributed by atoms with Crippen molar-refractivity contribution in [2.24, 2.45) is 0 Å². The van der Waals surface area contributed by atoms with Crippen LogP contribution < -0.4 is 5.32 Å². The number of nitrogens with zero attached hydrogens (tertiary/aromatic N) is 4. The maximum atomic E-state index is 12.5. The van der Waals surface area contributed by atoms with Gasteiger partial charge in [-0.2, -0.15) is 0 Å². The Bertz CT molecular complexity index is 714. The van der Waals surface area contributed by atoms with E-state index in [0.29, 0.717) is 23.1 Å². The van der Waals surface area contributed by atoms with Crippen LogP contribution in [0, 0.1) is 0 Å². The predicted molar refractivity (Wildman–Crippen MR) is 98.8 cm³/mol. The summed E-state index contributed by atoms with van der Waals surface area (Å²) in [5.74, 6) is 0.563. The zero-order valence-corrected chi connectivity index (χ0v) is 15.0. The topological polar surface area (TPSA) is 61.4 Å². The van der Waals surface area contributed by atoms with Crippen LogP contribution in [0.4, 0.5) is 5.82 Å². The molecule has 1 aliphatic heterocycles. The van der Waals surface area contributed by atoms with Crippen molar-refractivity contribution in [3.63, 3.8) is 0 Å². The van der Waals surface area contributed by atoms with Crippen LogP contribution in [-0.2, 0) is 6.54 Å². The van der Waals surface area contributed by atoms with Crippen LogP contribution in [0.1, 0.15) is 23.0 Å². The molecule has 1 aromatic carbocycles. The Morgan fingerprint density at radius 3 is 2.52 bits per heavy atom. The minimum absolute atomic E-state index is 0.0547. The van der Waals surface area contributed by atoms with Crippen molar-refractivity contribution in [3.8, 4) is 0 Å². The van der Waals surface area contributed by atoms with E-state index in [1.165, 1.54) is 0 Å². The molecule has 0 unspecified atom stereocenters. The maximum Gasteiger partial charge on any atom is 0.274 e. The van der Waals surface area contributed by atoms with E-state index in [-0.39, 0.29) is 5.91 Å². The number of carbonyl (C=O) groups is 1. The van der Waals surface area contributed by atoms with Crippen LogP contribution in [0.5, 0.6) is 0 Å². The van der Waals surface area contributed by atoms with Gasteiger partial charge in [0.2, 0.25) is 0 Å². The first-order valence-corrected chi connectivity index (χ1v) is 8.88. The quantitative estimate of drug-likeness (QED) is 0.888. The number of amides is 1. The van der Waals surface area contributed by atoms with Gasteiger partial charge in [-0.05, 0) is 30.3 Å². The minimum Gasteiger partial charge on any atom is -0.364 e. The average Bonchev–Trinajstić information content (AvgIpc) is 2.67. The number of piperazine rings is 1. The molecule has 3 rings (SSSR count). The fourth-order valence-electron chi connectivity index (χ4n) is 2.80. The van der Waals surface area contributed by atoms with Crippen LogP contribution in [-0.4, -0.2) is 58.6 Å². The van der Waals surface area contributed by atoms with Crippen LogP contribution >= 0.6 is 11.6 Å². The molecule has 7 heteroatoms. The summed E-state index contributed by atoms with van der Waals surface area (Å²) < 4.78 is 0. The molecule has 0 radical (unpaired) electrons. The minimum atomic E-state index is -0.0547. The third kappa shape index (κ3) is 4.46. The van der Waals surface area contributed by atoms with Crippen molar-refractivity contribution >= 4 is 23.3 Å².